The van der Waals surface area contributed by atoms with Gasteiger partial charge in [-0.25, -0.2) is 4.39 Å². The normalized spacial score (nSPS) is 29.0. The zero-order valence-electron chi connectivity index (χ0n) is 10.3. The zero-order chi connectivity index (χ0) is 12.5. The van der Waals surface area contributed by atoms with Crippen molar-refractivity contribution in [2.45, 2.75) is 32.2 Å². The molecule has 0 saturated carbocycles. The van der Waals surface area contributed by atoms with Gasteiger partial charge in [0.2, 0.25) is 0 Å². The number of rotatable bonds is 2. The molecule has 0 radical (unpaired) electrons. The summed E-state index contributed by atoms with van der Waals surface area (Å²) in [5.74, 6) is -0.108. The van der Waals surface area contributed by atoms with Crippen molar-refractivity contribution in [3.8, 4) is 0 Å². The standard InChI is InChI=1S/C14H18FNO/c1-10-7-12(15)3-4-13(10)14(2)8-11(9-17)5-6-16-14/h3-4,7,9,11,16H,5-6,8H2,1-2H3/t11-,14+/m0/s1. The molecule has 17 heavy (non-hydrogen) atoms. The van der Waals surface area contributed by atoms with Crippen LogP contribution in [0.25, 0.3) is 0 Å². The van der Waals surface area contributed by atoms with Gasteiger partial charge < -0.3 is 10.1 Å². The molecule has 2 atom stereocenters. The third-order valence-corrected chi connectivity index (χ3v) is 3.68. The number of carbonyl (C=O) groups excluding carboxylic acids is 1. The summed E-state index contributed by atoms with van der Waals surface area (Å²) in [6.45, 7) is 4.83. The molecule has 0 unspecified atom stereocenters. The first kappa shape index (κ1) is 12.2. The van der Waals surface area contributed by atoms with E-state index in [1.54, 1.807) is 6.07 Å². The van der Waals surface area contributed by atoms with Crippen LogP contribution in [-0.2, 0) is 10.3 Å². The van der Waals surface area contributed by atoms with E-state index in [1.807, 2.05) is 13.0 Å². The van der Waals surface area contributed by atoms with Crippen molar-refractivity contribution in [1.82, 2.24) is 5.32 Å². The lowest BCUT2D eigenvalue weighted by molar-refractivity contribution is -0.112. The maximum absolute atomic E-state index is 13.1. The maximum atomic E-state index is 13.1. The van der Waals surface area contributed by atoms with Gasteiger partial charge in [-0.05, 0) is 56.5 Å². The Morgan fingerprint density at radius 3 is 2.94 bits per heavy atom. The van der Waals surface area contributed by atoms with Gasteiger partial charge in [0.1, 0.15) is 12.1 Å². The molecule has 1 N–H and O–H groups in total. The molecule has 1 aliphatic heterocycles. The zero-order valence-corrected chi connectivity index (χ0v) is 10.3. The molecule has 0 spiro atoms. The van der Waals surface area contributed by atoms with Crippen molar-refractivity contribution in [2.24, 2.45) is 5.92 Å². The van der Waals surface area contributed by atoms with Crippen LogP contribution in [0, 0.1) is 18.7 Å². The quantitative estimate of drug-likeness (QED) is 0.798. The fourth-order valence-electron chi connectivity index (χ4n) is 2.80. The van der Waals surface area contributed by atoms with E-state index in [2.05, 4.69) is 12.2 Å². The summed E-state index contributed by atoms with van der Waals surface area (Å²) in [7, 11) is 0. The number of piperidine rings is 1. The summed E-state index contributed by atoms with van der Waals surface area (Å²) >= 11 is 0. The second-order valence-corrected chi connectivity index (χ2v) is 5.11. The third kappa shape index (κ3) is 2.39. The number of benzene rings is 1. The highest BCUT2D eigenvalue weighted by Crippen LogP contribution is 2.34. The topological polar surface area (TPSA) is 29.1 Å². The van der Waals surface area contributed by atoms with Gasteiger partial charge in [0, 0.05) is 11.5 Å². The van der Waals surface area contributed by atoms with Gasteiger partial charge in [0.25, 0.3) is 0 Å². The lowest BCUT2D eigenvalue weighted by atomic mass is 9.77. The highest BCUT2D eigenvalue weighted by molar-refractivity contribution is 5.54. The number of aryl methyl sites for hydroxylation is 1. The van der Waals surface area contributed by atoms with E-state index in [0.29, 0.717) is 0 Å². The Kier molecular flexibility index (Phi) is 3.29. The minimum atomic E-state index is -0.221. The average Bonchev–Trinajstić information content (AvgIpc) is 2.28. The van der Waals surface area contributed by atoms with Crippen LogP contribution >= 0.6 is 0 Å². The lowest BCUT2D eigenvalue weighted by Gasteiger charge is -2.39. The average molecular weight is 235 g/mol. The SMILES string of the molecule is Cc1cc(F)ccc1[C@@]1(C)C[C@@H](C=O)CCN1. The first-order chi connectivity index (χ1) is 8.05. The molecule has 2 nitrogen and oxygen atoms in total. The van der Waals surface area contributed by atoms with E-state index in [0.717, 1.165) is 36.8 Å². The minimum absolute atomic E-state index is 0.103. The number of aldehydes is 1. The van der Waals surface area contributed by atoms with Crippen molar-refractivity contribution in [1.29, 1.82) is 0 Å². The molecule has 1 heterocycles. The Hall–Kier alpha value is -1.22. The Morgan fingerprint density at radius 2 is 2.29 bits per heavy atom. The van der Waals surface area contributed by atoms with Crippen molar-refractivity contribution in [3.05, 3.63) is 35.1 Å². The molecule has 1 fully saturated rings. The summed E-state index contributed by atoms with van der Waals surface area (Å²) in [4.78, 5) is 10.9. The van der Waals surface area contributed by atoms with Gasteiger partial charge in [0.05, 0.1) is 0 Å². The molecule has 1 aromatic carbocycles. The highest BCUT2D eigenvalue weighted by atomic mass is 19.1. The van der Waals surface area contributed by atoms with Crippen molar-refractivity contribution >= 4 is 6.29 Å². The van der Waals surface area contributed by atoms with Gasteiger partial charge in [-0.1, -0.05) is 6.07 Å². The molecule has 1 saturated heterocycles. The highest BCUT2D eigenvalue weighted by Gasteiger charge is 2.34. The maximum Gasteiger partial charge on any atom is 0.123 e. The van der Waals surface area contributed by atoms with E-state index in [9.17, 15) is 9.18 Å². The van der Waals surface area contributed by atoms with Crippen LogP contribution in [-0.4, -0.2) is 12.8 Å². The first-order valence-electron chi connectivity index (χ1n) is 6.02. The lowest BCUT2D eigenvalue weighted by Crippen LogP contribution is -2.47. The van der Waals surface area contributed by atoms with Gasteiger partial charge in [0.15, 0.2) is 0 Å². The first-order valence-corrected chi connectivity index (χ1v) is 6.02. The summed E-state index contributed by atoms with van der Waals surface area (Å²) < 4.78 is 13.1. The van der Waals surface area contributed by atoms with Gasteiger partial charge in [-0.2, -0.15) is 0 Å². The largest absolute Gasteiger partial charge is 0.308 e. The van der Waals surface area contributed by atoms with Gasteiger partial charge in [-0.15, -0.1) is 0 Å². The smallest absolute Gasteiger partial charge is 0.123 e. The molecular formula is C14H18FNO. The Bertz CT molecular complexity index is 432. The molecule has 1 aliphatic rings. The third-order valence-electron chi connectivity index (χ3n) is 3.68. The molecular weight excluding hydrogens is 217 g/mol. The van der Waals surface area contributed by atoms with E-state index in [-0.39, 0.29) is 17.3 Å². The predicted octanol–water partition coefficient (Wildman–Crippen LogP) is 2.55. The fraction of sp³-hybridized carbons (Fsp3) is 0.500. The molecule has 3 heteroatoms. The number of nitrogens with one attached hydrogen (secondary N) is 1. The van der Waals surface area contributed by atoms with E-state index < -0.39 is 0 Å². The van der Waals surface area contributed by atoms with E-state index in [4.69, 9.17) is 0 Å². The fourth-order valence-corrected chi connectivity index (χ4v) is 2.80. The van der Waals surface area contributed by atoms with Crippen LogP contribution < -0.4 is 5.32 Å². The Labute approximate surface area is 101 Å². The van der Waals surface area contributed by atoms with E-state index >= 15 is 0 Å². The summed E-state index contributed by atoms with van der Waals surface area (Å²) in [5, 5.41) is 3.46. The molecule has 0 aliphatic carbocycles. The van der Waals surface area contributed by atoms with Crippen LogP contribution in [0.2, 0.25) is 0 Å². The van der Waals surface area contributed by atoms with Crippen LogP contribution in [0.5, 0.6) is 0 Å². The van der Waals surface area contributed by atoms with E-state index in [1.165, 1.54) is 6.07 Å². The van der Waals surface area contributed by atoms with Crippen molar-refractivity contribution in [3.63, 3.8) is 0 Å². The number of halogens is 1. The van der Waals surface area contributed by atoms with Crippen LogP contribution in [0.15, 0.2) is 18.2 Å². The molecule has 0 amide bonds. The molecule has 1 aromatic rings. The Balaban J connectivity index is 2.33. The number of hydrogen-bond acceptors (Lipinski definition) is 2. The second-order valence-electron chi connectivity index (χ2n) is 5.11. The second kappa shape index (κ2) is 4.57. The summed E-state index contributed by atoms with van der Waals surface area (Å²) in [6, 6.07) is 4.86. The van der Waals surface area contributed by atoms with Crippen LogP contribution in [0.4, 0.5) is 4.39 Å². The molecule has 0 aromatic heterocycles. The number of hydrogen-bond donors (Lipinski definition) is 1. The summed E-state index contributed by atoms with van der Waals surface area (Å²) in [6.07, 6.45) is 2.71. The number of carbonyl (C=O) groups is 1. The summed E-state index contributed by atoms with van der Waals surface area (Å²) in [5.41, 5.74) is 1.80. The monoisotopic (exact) mass is 235 g/mol. The van der Waals surface area contributed by atoms with Gasteiger partial charge >= 0.3 is 0 Å². The molecule has 2 rings (SSSR count). The predicted molar refractivity (Wildman–Crippen MR) is 65.3 cm³/mol. The minimum Gasteiger partial charge on any atom is -0.308 e. The Morgan fingerprint density at radius 1 is 1.53 bits per heavy atom. The van der Waals surface area contributed by atoms with Crippen molar-refractivity contribution in [2.75, 3.05) is 6.54 Å². The van der Waals surface area contributed by atoms with Crippen LogP contribution in [0.1, 0.15) is 30.9 Å². The molecule has 92 valence electrons. The van der Waals surface area contributed by atoms with Crippen molar-refractivity contribution < 1.29 is 9.18 Å². The van der Waals surface area contributed by atoms with Crippen LogP contribution in [0.3, 0.4) is 0 Å². The van der Waals surface area contributed by atoms with Gasteiger partial charge in [-0.3, -0.25) is 0 Å². The molecule has 0 bridgehead atoms.